The van der Waals surface area contributed by atoms with Crippen molar-refractivity contribution in [3.8, 4) is 11.5 Å². The number of alkyl halides is 1. The molecule has 0 atom stereocenters. The van der Waals surface area contributed by atoms with Crippen LogP contribution in [0.3, 0.4) is 0 Å². The van der Waals surface area contributed by atoms with Crippen LogP contribution in [-0.4, -0.2) is 103 Å². The van der Waals surface area contributed by atoms with Crippen LogP contribution in [0, 0.1) is 0 Å². The van der Waals surface area contributed by atoms with Crippen molar-refractivity contribution in [1.82, 2.24) is 10.2 Å². The molecular formula is C45H56Cl2N4O8S2. The largest absolute Gasteiger partial charge is 0.484 e. The summed E-state index contributed by atoms with van der Waals surface area (Å²) >= 11 is 9.50. The minimum absolute atomic E-state index is 0.178. The van der Waals surface area contributed by atoms with E-state index in [1.165, 1.54) is 0 Å². The predicted octanol–water partition coefficient (Wildman–Crippen LogP) is 8.40. The van der Waals surface area contributed by atoms with Crippen molar-refractivity contribution in [2.24, 2.45) is 0 Å². The second kappa shape index (κ2) is 19.6. The highest BCUT2D eigenvalue weighted by atomic mass is 35.5. The summed E-state index contributed by atoms with van der Waals surface area (Å²) in [6.07, 6.45) is 4.38. The van der Waals surface area contributed by atoms with Crippen LogP contribution >= 0.6 is 23.2 Å². The third-order valence-corrected chi connectivity index (χ3v) is 14.9. The topological polar surface area (TPSA) is 135 Å². The highest BCUT2D eigenvalue weighted by Crippen LogP contribution is 2.43. The molecule has 8 rings (SSSR count). The van der Waals surface area contributed by atoms with Gasteiger partial charge in [0.2, 0.25) is 19.7 Å². The van der Waals surface area contributed by atoms with Gasteiger partial charge in [0.1, 0.15) is 22.7 Å². The lowest BCUT2D eigenvalue weighted by molar-refractivity contribution is 0.0970. The number of sulfone groups is 2. The molecule has 1 N–H and O–H groups in total. The average molecular weight is 916 g/mol. The van der Waals surface area contributed by atoms with E-state index >= 15 is 0 Å². The Kier molecular flexibility index (Phi) is 14.9. The summed E-state index contributed by atoms with van der Waals surface area (Å²) in [5.74, 6) is 1.31. The van der Waals surface area contributed by atoms with Crippen molar-refractivity contribution in [3.05, 3.63) is 97.1 Å². The monoisotopic (exact) mass is 914 g/mol. The molecule has 16 heteroatoms. The third kappa shape index (κ3) is 11.5. The Morgan fingerprint density at radius 2 is 1.08 bits per heavy atom. The molecular weight excluding hydrogens is 860 g/mol. The second-order valence-electron chi connectivity index (χ2n) is 16.9. The SMILES string of the molecule is CC1(C)CN(C2CCNCC2)c2ccc(S(=O)(=O)c3ccccc3)cc2O1.CN1CCC(N2CC(C)(C)Oc3cc(S(=O)(=O)c4ccccc4)ccc32)CC1.O=C(Cl)OCCl. The molecule has 12 nitrogen and oxygen atoms in total. The molecule has 0 aromatic heterocycles. The molecule has 2 saturated heterocycles. The molecule has 4 aliphatic rings. The average Bonchev–Trinajstić information content (AvgIpc) is 3.23. The number of hydrogen-bond acceptors (Lipinski definition) is 12. The zero-order valence-corrected chi connectivity index (χ0v) is 38.5. The lowest BCUT2D eigenvalue weighted by Crippen LogP contribution is -2.53. The molecule has 0 saturated carbocycles. The summed E-state index contributed by atoms with van der Waals surface area (Å²) in [7, 11) is -4.96. The van der Waals surface area contributed by atoms with Crippen molar-refractivity contribution in [2.75, 3.05) is 62.2 Å². The summed E-state index contributed by atoms with van der Waals surface area (Å²) in [4.78, 5) is 17.8. The molecule has 0 spiro atoms. The third-order valence-electron chi connectivity index (χ3n) is 11.1. The molecule has 4 heterocycles. The number of ether oxygens (including phenoxy) is 3. The van der Waals surface area contributed by atoms with Crippen LogP contribution in [0.4, 0.5) is 16.2 Å². The molecule has 2 fully saturated rings. The highest BCUT2D eigenvalue weighted by molar-refractivity contribution is 7.91. The molecule has 330 valence electrons. The first kappa shape index (κ1) is 46.5. The number of fused-ring (bicyclic) bond motifs is 2. The van der Waals surface area contributed by atoms with Gasteiger partial charge in [0.25, 0.3) is 0 Å². The fourth-order valence-electron chi connectivity index (χ4n) is 8.20. The number of rotatable bonds is 7. The fraction of sp³-hybridized carbons (Fsp3) is 0.444. The standard InChI is InChI=1S/C22H28N2O3S.C21H26N2O3S.C2H2Cl2O2/c1-22(2)16-24(17-11-13-23(3)14-12-17)20-10-9-19(15-21(20)27-22)28(25,26)18-7-5-4-6-8-18;1-21(2)15-23(16-10-12-22-13-11-16)19-9-8-18(14-20(19)26-21)27(24,25)17-6-4-3-5-7-17;3-1-6-2(4)5/h4-10,15,17H,11-14,16H2,1-3H3;3-9,14,16,22H,10-13,15H2,1-2H3;1H2. The first-order chi connectivity index (χ1) is 28.9. The van der Waals surface area contributed by atoms with E-state index in [1.54, 1.807) is 72.8 Å². The van der Waals surface area contributed by atoms with E-state index in [-0.39, 0.29) is 27.1 Å². The molecule has 61 heavy (non-hydrogen) atoms. The van der Waals surface area contributed by atoms with Crippen LogP contribution in [0.2, 0.25) is 0 Å². The number of anilines is 2. The van der Waals surface area contributed by atoms with Crippen molar-refractivity contribution in [3.63, 3.8) is 0 Å². The quantitative estimate of drug-likeness (QED) is 0.141. The van der Waals surface area contributed by atoms with Gasteiger partial charge in [-0.05, 0) is 135 Å². The Morgan fingerprint density at radius 3 is 1.46 bits per heavy atom. The van der Waals surface area contributed by atoms with Crippen LogP contribution < -0.4 is 24.6 Å². The minimum atomic E-state index is -3.56. The summed E-state index contributed by atoms with van der Waals surface area (Å²) in [5.41, 5.74) is 0.387. The van der Waals surface area contributed by atoms with Crippen molar-refractivity contribution < 1.29 is 35.8 Å². The van der Waals surface area contributed by atoms with Crippen LogP contribution in [0.25, 0.3) is 0 Å². The summed E-state index contributed by atoms with van der Waals surface area (Å²) in [6.45, 7) is 14.0. The molecule has 4 aromatic carbocycles. The normalized spacial score (nSPS) is 19.0. The number of benzene rings is 4. The second-order valence-corrected chi connectivity index (χ2v) is 21.3. The minimum Gasteiger partial charge on any atom is -0.484 e. The van der Waals surface area contributed by atoms with E-state index in [9.17, 15) is 21.6 Å². The Balaban J connectivity index is 0.000000180. The number of hydrogen-bond donors (Lipinski definition) is 1. The van der Waals surface area contributed by atoms with E-state index in [2.05, 4.69) is 71.1 Å². The maximum absolute atomic E-state index is 13.0. The van der Waals surface area contributed by atoms with E-state index < -0.39 is 25.1 Å². The van der Waals surface area contributed by atoms with Crippen molar-refractivity contribution in [1.29, 1.82) is 0 Å². The zero-order valence-electron chi connectivity index (χ0n) is 35.4. The summed E-state index contributed by atoms with van der Waals surface area (Å²) < 4.78 is 68.4. The molecule has 0 radical (unpaired) electrons. The summed E-state index contributed by atoms with van der Waals surface area (Å²) in [6, 6.07) is 28.5. The van der Waals surface area contributed by atoms with Gasteiger partial charge < -0.3 is 34.2 Å². The first-order valence-corrected chi connectivity index (χ1v) is 24.4. The van der Waals surface area contributed by atoms with Crippen LogP contribution in [0.15, 0.2) is 117 Å². The van der Waals surface area contributed by atoms with E-state index in [4.69, 9.17) is 21.1 Å². The Bertz CT molecular complexity index is 2340. The maximum atomic E-state index is 13.0. The number of nitrogens with zero attached hydrogens (tertiary/aromatic N) is 3. The Labute approximate surface area is 370 Å². The highest BCUT2D eigenvalue weighted by Gasteiger charge is 2.38. The Morgan fingerprint density at radius 1 is 0.672 bits per heavy atom. The molecule has 4 aliphatic heterocycles. The first-order valence-electron chi connectivity index (χ1n) is 20.5. The van der Waals surface area contributed by atoms with Gasteiger partial charge >= 0.3 is 5.43 Å². The summed E-state index contributed by atoms with van der Waals surface area (Å²) in [5, 5.41) is 3.41. The number of likely N-dealkylation sites (tertiary alicyclic amines) is 1. The molecule has 0 bridgehead atoms. The van der Waals surface area contributed by atoms with E-state index in [0.717, 1.165) is 76.3 Å². The molecule has 0 aliphatic carbocycles. The van der Waals surface area contributed by atoms with E-state index in [0.29, 0.717) is 33.4 Å². The van der Waals surface area contributed by atoms with Gasteiger partial charge in [-0.2, -0.15) is 0 Å². The zero-order chi connectivity index (χ0) is 44.0. The van der Waals surface area contributed by atoms with Gasteiger partial charge in [0.15, 0.2) is 6.07 Å². The number of nitrogens with one attached hydrogen (secondary N) is 1. The van der Waals surface area contributed by atoms with Gasteiger partial charge in [-0.3, -0.25) is 0 Å². The molecule has 0 unspecified atom stereocenters. The number of carbonyl (C=O) groups is 1. The van der Waals surface area contributed by atoms with Crippen LogP contribution in [-0.2, 0) is 24.4 Å². The smallest absolute Gasteiger partial charge is 0.404 e. The van der Waals surface area contributed by atoms with Gasteiger partial charge in [-0.25, -0.2) is 21.6 Å². The van der Waals surface area contributed by atoms with Crippen molar-refractivity contribution in [2.45, 2.75) is 96.2 Å². The maximum Gasteiger partial charge on any atom is 0.404 e. The predicted molar refractivity (Wildman–Crippen MR) is 240 cm³/mol. The van der Waals surface area contributed by atoms with Gasteiger partial charge in [0, 0.05) is 35.8 Å². The molecule has 0 amide bonds. The van der Waals surface area contributed by atoms with Crippen LogP contribution in [0.5, 0.6) is 11.5 Å². The van der Waals surface area contributed by atoms with Gasteiger partial charge in [0.05, 0.1) is 44.0 Å². The number of carbonyl (C=O) groups excluding carboxylic acids is 1. The number of piperidine rings is 2. The van der Waals surface area contributed by atoms with Crippen LogP contribution in [0.1, 0.15) is 53.4 Å². The van der Waals surface area contributed by atoms with Gasteiger partial charge in [-0.1, -0.05) is 48.0 Å². The van der Waals surface area contributed by atoms with Crippen molar-refractivity contribution >= 4 is 59.7 Å². The lowest BCUT2D eigenvalue weighted by Gasteiger charge is -2.46. The Hall–Kier alpha value is -4.05. The number of halogens is 2. The lowest BCUT2D eigenvalue weighted by atomic mass is 9.97. The van der Waals surface area contributed by atoms with Gasteiger partial charge in [-0.15, -0.1) is 0 Å². The molecule has 4 aromatic rings. The fourth-order valence-corrected chi connectivity index (χ4v) is 11.0. The van der Waals surface area contributed by atoms with E-state index in [1.807, 2.05) is 24.3 Å².